The second-order valence-corrected chi connectivity index (χ2v) is 9.55. The summed E-state index contributed by atoms with van der Waals surface area (Å²) in [5.74, 6) is 0.799. The van der Waals surface area contributed by atoms with Crippen LogP contribution in [-0.4, -0.2) is 75.4 Å². The highest BCUT2D eigenvalue weighted by Gasteiger charge is 2.28. The van der Waals surface area contributed by atoms with E-state index in [9.17, 15) is 8.42 Å². The van der Waals surface area contributed by atoms with Crippen LogP contribution in [0.3, 0.4) is 0 Å². The van der Waals surface area contributed by atoms with Gasteiger partial charge in [-0.15, -0.1) is 5.10 Å². The summed E-state index contributed by atoms with van der Waals surface area (Å²) in [7, 11) is -3.39. The smallest absolute Gasteiger partial charge is 0.218 e. The number of anilines is 2. The Labute approximate surface area is 176 Å². The van der Waals surface area contributed by atoms with Crippen molar-refractivity contribution in [1.82, 2.24) is 14.5 Å². The Hall–Kier alpha value is -1.94. The first kappa shape index (κ1) is 20.3. The molecule has 0 bridgehead atoms. The molecule has 0 N–H and O–H groups in total. The van der Waals surface area contributed by atoms with Gasteiger partial charge in [-0.3, -0.25) is 0 Å². The van der Waals surface area contributed by atoms with Crippen LogP contribution in [0.15, 0.2) is 36.5 Å². The third-order valence-electron chi connectivity index (χ3n) is 5.20. The second kappa shape index (κ2) is 8.83. The summed E-state index contributed by atoms with van der Waals surface area (Å²) in [6.45, 7) is 5.09. The maximum Gasteiger partial charge on any atom is 0.218 e. The van der Waals surface area contributed by atoms with Gasteiger partial charge in [-0.25, -0.2) is 8.42 Å². The van der Waals surface area contributed by atoms with E-state index in [2.05, 4.69) is 20.0 Å². The largest absolute Gasteiger partial charge is 0.378 e. The zero-order chi connectivity index (χ0) is 20.3. The molecular formula is C19H24ClN5O3S. The minimum atomic E-state index is -3.39. The first-order valence-corrected chi connectivity index (χ1v) is 11.6. The van der Waals surface area contributed by atoms with Gasteiger partial charge in [-0.2, -0.15) is 9.40 Å². The molecule has 0 unspecified atom stereocenters. The summed E-state index contributed by atoms with van der Waals surface area (Å²) in [5.41, 5.74) is 1.67. The first-order chi connectivity index (χ1) is 14.0. The van der Waals surface area contributed by atoms with Crippen LogP contribution in [0.2, 0.25) is 5.02 Å². The topological polar surface area (TPSA) is 78.9 Å². The average Bonchev–Trinajstić information content (AvgIpc) is 2.74. The van der Waals surface area contributed by atoms with Crippen LogP contribution < -0.4 is 9.80 Å². The Morgan fingerprint density at radius 2 is 1.76 bits per heavy atom. The maximum atomic E-state index is 12.8. The van der Waals surface area contributed by atoms with Crippen molar-refractivity contribution < 1.29 is 13.2 Å². The normalized spacial score (nSPS) is 18.8. The summed E-state index contributed by atoms with van der Waals surface area (Å²) in [6.07, 6.45) is 1.74. The molecule has 1 aromatic carbocycles. The van der Waals surface area contributed by atoms with Crippen LogP contribution in [0.4, 0.5) is 11.5 Å². The molecule has 4 rings (SSSR count). The predicted molar refractivity (Wildman–Crippen MR) is 113 cm³/mol. The molecule has 0 amide bonds. The van der Waals surface area contributed by atoms with Crippen molar-refractivity contribution >= 4 is 33.1 Å². The number of hydrogen-bond acceptors (Lipinski definition) is 7. The van der Waals surface area contributed by atoms with Crippen molar-refractivity contribution in [3.05, 3.63) is 47.1 Å². The van der Waals surface area contributed by atoms with Crippen LogP contribution in [0, 0.1) is 0 Å². The van der Waals surface area contributed by atoms with E-state index in [0.29, 0.717) is 50.0 Å². The van der Waals surface area contributed by atoms with Crippen LogP contribution in [0.1, 0.15) is 5.56 Å². The third kappa shape index (κ3) is 4.98. The van der Waals surface area contributed by atoms with Crippen LogP contribution >= 0.6 is 11.6 Å². The molecule has 0 spiro atoms. The molecule has 2 fully saturated rings. The molecule has 0 saturated carbocycles. The van der Waals surface area contributed by atoms with E-state index in [-0.39, 0.29) is 5.75 Å². The van der Waals surface area contributed by atoms with E-state index in [0.717, 1.165) is 24.6 Å². The fourth-order valence-electron chi connectivity index (χ4n) is 3.62. The quantitative estimate of drug-likeness (QED) is 0.703. The van der Waals surface area contributed by atoms with Gasteiger partial charge in [0.25, 0.3) is 0 Å². The minimum absolute atomic E-state index is 0.0362. The fourth-order valence-corrected chi connectivity index (χ4v) is 5.33. The zero-order valence-corrected chi connectivity index (χ0v) is 17.6. The van der Waals surface area contributed by atoms with Gasteiger partial charge < -0.3 is 14.5 Å². The lowest BCUT2D eigenvalue weighted by Crippen LogP contribution is -2.49. The third-order valence-corrected chi connectivity index (χ3v) is 7.28. The lowest BCUT2D eigenvalue weighted by Gasteiger charge is -2.35. The Balaban J connectivity index is 1.39. The standard InChI is InChI=1S/C19H24ClN5O3S/c20-17-3-1-2-16(12-17)15-29(26,27)25-6-4-23(5-7-25)18-13-19(22-21-14-18)24-8-10-28-11-9-24/h1-3,12-14H,4-11,15H2. The molecule has 2 aliphatic heterocycles. The number of rotatable bonds is 5. The van der Waals surface area contributed by atoms with Crippen LogP contribution in [-0.2, 0) is 20.5 Å². The Morgan fingerprint density at radius 3 is 2.48 bits per heavy atom. The Kier molecular flexibility index (Phi) is 6.19. The molecule has 156 valence electrons. The zero-order valence-electron chi connectivity index (χ0n) is 16.1. The van der Waals surface area contributed by atoms with Crippen LogP contribution in [0.25, 0.3) is 0 Å². The molecule has 0 atom stereocenters. The van der Waals surface area contributed by atoms with Crippen molar-refractivity contribution in [3.63, 3.8) is 0 Å². The first-order valence-electron chi connectivity index (χ1n) is 9.64. The lowest BCUT2D eigenvalue weighted by molar-refractivity contribution is 0.122. The Morgan fingerprint density at radius 1 is 1.00 bits per heavy atom. The molecule has 3 heterocycles. The van der Waals surface area contributed by atoms with Gasteiger partial charge in [-0.05, 0) is 17.7 Å². The summed E-state index contributed by atoms with van der Waals surface area (Å²) < 4.78 is 32.5. The number of ether oxygens (including phenoxy) is 1. The molecule has 10 heteroatoms. The summed E-state index contributed by atoms with van der Waals surface area (Å²) >= 11 is 5.98. The molecule has 1 aromatic heterocycles. The van der Waals surface area contributed by atoms with E-state index in [1.54, 1.807) is 34.8 Å². The SMILES string of the molecule is O=S(=O)(Cc1cccc(Cl)c1)N1CCN(c2cnnc(N3CCOCC3)c2)CC1. The molecule has 2 aromatic rings. The predicted octanol–water partition coefficient (Wildman–Crippen LogP) is 1.62. The van der Waals surface area contributed by atoms with Gasteiger partial charge in [0.15, 0.2) is 5.82 Å². The molecule has 0 aliphatic carbocycles. The molecular weight excluding hydrogens is 414 g/mol. The summed E-state index contributed by atoms with van der Waals surface area (Å²) in [5, 5.41) is 8.94. The van der Waals surface area contributed by atoms with Gasteiger partial charge in [0.2, 0.25) is 10.0 Å². The van der Waals surface area contributed by atoms with Gasteiger partial charge in [0.05, 0.1) is 30.9 Å². The lowest BCUT2D eigenvalue weighted by atomic mass is 10.2. The van der Waals surface area contributed by atoms with Gasteiger partial charge in [0.1, 0.15) is 0 Å². The molecule has 29 heavy (non-hydrogen) atoms. The maximum absolute atomic E-state index is 12.8. The summed E-state index contributed by atoms with van der Waals surface area (Å²) in [6, 6.07) is 9.02. The second-order valence-electron chi connectivity index (χ2n) is 7.14. The number of benzene rings is 1. The molecule has 8 nitrogen and oxygen atoms in total. The van der Waals surface area contributed by atoms with E-state index in [1.807, 2.05) is 6.07 Å². The van der Waals surface area contributed by atoms with Crippen molar-refractivity contribution in [2.24, 2.45) is 0 Å². The van der Waals surface area contributed by atoms with Crippen molar-refractivity contribution in [2.45, 2.75) is 5.75 Å². The van der Waals surface area contributed by atoms with Gasteiger partial charge in [-0.1, -0.05) is 23.7 Å². The van der Waals surface area contributed by atoms with Crippen molar-refractivity contribution in [2.75, 3.05) is 62.3 Å². The summed E-state index contributed by atoms with van der Waals surface area (Å²) in [4.78, 5) is 4.32. The highest BCUT2D eigenvalue weighted by Crippen LogP contribution is 2.23. The highest BCUT2D eigenvalue weighted by atomic mass is 35.5. The minimum Gasteiger partial charge on any atom is -0.378 e. The molecule has 2 saturated heterocycles. The number of nitrogens with zero attached hydrogens (tertiary/aromatic N) is 5. The van der Waals surface area contributed by atoms with Crippen LogP contribution in [0.5, 0.6) is 0 Å². The number of sulfonamides is 1. The Bertz CT molecular complexity index is 944. The molecule has 0 radical (unpaired) electrons. The average molecular weight is 438 g/mol. The van der Waals surface area contributed by atoms with E-state index < -0.39 is 10.0 Å². The number of aromatic nitrogens is 2. The fraction of sp³-hybridized carbons (Fsp3) is 0.474. The highest BCUT2D eigenvalue weighted by molar-refractivity contribution is 7.88. The van der Waals surface area contributed by atoms with Crippen molar-refractivity contribution in [1.29, 1.82) is 0 Å². The number of hydrogen-bond donors (Lipinski definition) is 0. The van der Waals surface area contributed by atoms with Gasteiger partial charge >= 0.3 is 0 Å². The number of halogens is 1. The molecule has 2 aliphatic rings. The monoisotopic (exact) mass is 437 g/mol. The number of piperazine rings is 1. The van der Waals surface area contributed by atoms with E-state index in [4.69, 9.17) is 16.3 Å². The van der Waals surface area contributed by atoms with E-state index in [1.165, 1.54) is 0 Å². The van der Waals surface area contributed by atoms with E-state index >= 15 is 0 Å². The van der Waals surface area contributed by atoms with Gasteiger partial charge in [0, 0.05) is 50.4 Å². The van der Waals surface area contributed by atoms with Crippen molar-refractivity contribution in [3.8, 4) is 0 Å². The number of morpholine rings is 1.